The first-order valence-corrected chi connectivity index (χ1v) is 8.81. The number of methoxy groups -OCH3 is 1. The summed E-state index contributed by atoms with van der Waals surface area (Å²) >= 11 is 0. The van der Waals surface area contributed by atoms with Gasteiger partial charge in [0.1, 0.15) is 5.75 Å². The number of aryl methyl sites for hydroxylation is 1. The van der Waals surface area contributed by atoms with Gasteiger partial charge in [0.15, 0.2) is 6.61 Å². The second kappa shape index (κ2) is 10.7. The zero-order valence-corrected chi connectivity index (χ0v) is 15.9. The molecule has 0 saturated carbocycles. The summed E-state index contributed by atoms with van der Waals surface area (Å²) in [5.74, 6) is -0.645. The molecule has 2 aromatic rings. The fourth-order valence-electron chi connectivity index (χ4n) is 2.26. The van der Waals surface area contributed by atoms with Crippen LogP contribution in [0.25, 0.3) is 0 Å². The first-order chi connectivity index (χ1) is 13.5. The number of benzene rings is 2. The lowest BCUT2D eigenvalue weighted by Gasteiger charge is -2.08. The predicted molar refractivity (Wildman–Crippen MR) is 103 cm³/mol. The van der Waals surface area contributed by atoms with Crippen molar-refractivity contribution in [1.29, 1.82) is 0 Å². The number of ether oxygens (including phenoxy) is 3. The third kappa shape index (κ3) is 7.11. The molecule has 0 spiro atoms. The molecule has 0 radical (unpaired) electrons. The van der Waals surface area contributed by atoms with Crippen molar-refractivity contribution in [3.63, 3.8) is 0 Å². The molecule has 0 unspecified atom stereocenters. The standard InChI is InChI=1S/C21H23NO6/c1-15-5-11-18(12-6-15)27-13-3-4-20(24)28-14-19(23)22-17-9-7-16(8-10-17)21(25)26-2/h5-12H,3-4,13-14H2,1-2H3,(H,22,23). The van der Waals surface area contributed by atoms with E-state index in [0.29, 0.717) is 24.3 Å². The van der Waals surface area contributed by atoms with Crippen molar-refractivity contribution < 1.29 is 28.6 Å². The van der Waals surface area contributed by atoms with Gasteiger partial charge in [-0.25, -0.2) is 4.79 Å². The number of esters is 2. The van der Waals surface area contributed by atoms with Gasteiger partial charge in [-0.2, -0.15) is 0 Å². The normalized spacial score (nSPS) is 10.1. The highest BCUT2D eigenvalue weighted by Gasteiger charge is 2.09. The maximum atomic E-state index is 11.8. The van der Waals surface area contributed by atoms with Crippen molar-refractivity contribution in [1.82, 2.24) is 0 Å². The van der Waals surface area contributed by atoms with Crippen LogP contribution in [0.15, 0.2) is 48.5 Å². The van der Waals surface area contributed by atoms with E-state index in [-0.39, 0.29) is 13.0 Å². The van der Waals surface area contributed by atoms with Gasteiger partial charge in [0, 0.05) is 12.1 Å². The molecule has 0 heterocycles. The van der Waals surface area contributed by atoms with Gasteiger partial charge in [0.05, 0.1) is 19.3 Å². The SMILES string of the molecule is COC(=O)c1ccc(NC(=O)COC(=O)CCCOc2ccc(C)cc2)cc1. The summed E-state index contributed by atoms with van der Waals surface area (Å²) in [5, 5.41) is 2.58. The van der Waals surface area contributed by atoms with Gasteiger partial charge in [-0.15, -0.1) is 0 Å². The van der Waals surface area contributed by atoms with Crippen LogP contribution in [-0.2, 0) is 19.1 Å². The third-order valence-corrected chi connectivity index (χ3v) is 3.77. The van der Waals surface area contributed by atoms with E-state index < -0.39 is 17.8 Å². The highest BCUT2D eigenvalue weighted by Crippen LogP contribution is 2.12. The highest BCUT2D eigenvalue weighted by atomic mass is 16.5. The summed E-state index contributed by atoms with van der Waals surface area (Å²) in [6, 6.07) is 13.8. The average Bonchev–Trinajstić information content (AvgIpc) is 2.71. The Kier molecular flexibility index (Phi) is 8.02. The second-order valence-corrected chi connectivity index (χ2v) is 6.04. The van der Waals surface area contributed by atoms with E-state index in [0.717, 1.165) is 11.3 Å². The van der Waals surface area contributed by atoms with Gasteiger partial charge in [-0.05, 0) is 49.7 Å². The molecule has 0 aliphatic heterocycles. The molecule has 0 saturated heterocycles. The van der Waals surface area contributed by atoms with Gasteiger partial charge in [0.25, 0.3) is 5.91 Å². The lowest BCUT2D eigenvalue weighted by molar-refractivity contribution is -0.147. The number of hydrogen-bond acceptors (Lipinski definition) is 6. The Morgan fingerprint density at radius 2 is 1.64 bits per heavy atom. The Morgan fingerprint density at radius 3 is 2.29 bits per heavy atom. The van der Waals surface area contributed by atoms with Crippen LogP contribution in [0.3, 0.4) is 0 Å². The van der Waals surface area contributed by atoms with E-state index in [9.17, 15) is 14.4 Å². The van der Waals surface area contributed by atoms with Crippen LogP contribution in [-0.4, -0.2) is 38.2 Å². The third-order valence-electron chi connectivity index (χ3n) is 3.77. The molecular formula is C21H23NO6. The van der Waals surface area contributed by atoms with E-state index in [2.05, 4.69) is 10.1 Å². The van der Waals surface area contributed by atoms with Gasteiger partial charge in [0.2, 0.25) is 0 Å². The maximum absolute atomic E-state index is 11.8. The fourth-order valence-corrected chi connectivity index (χ4v) is 2.26. The topological polar surface area (TPSA) is 90.9 Å². The van der Waals surface area contributed by atoms with Crippen LogP contribution >= 0.6 is 0 Å². The van der Waals surface area contributed by atoms with Crippen molar-refractivity contribution in [3.8, 4) is 5.75 Å². The molecule has 148 valence electrons. The summed E-state index contributed by atoms with van der Waals surface area (Å²) < 4.78 is 15.1. The average molecular weight is 385 g/mol. The van der Waals surface area contributed by atoms with Gasteiger partial charge in [-0.3, -0.25) is 9.59 Å². The Labute approximate surface area is 163 Å². The molecule has 0 bridgehead atoms. The summed E-state index contributed by atoms with van der Waals surface area (Å²) in [6.07, 6.45) is 0.649. The van der Waals surface area contributed by atoms with Crippen LogP contribution < -0.4 is 10.1 Å². The van der Waals surface area contributed by atoms with Crippen LogP contribution in [0.4, 0.5) is 5.69 Å². The van der Waals surface area contributed by atoms with Gasteiger partial charge >= 0.3 is 11.9 Å². The molecule has 2 rings (SSSR count). The quantitative estimate of drug-likeness (QED) is 0.527. The first kappa shape index (κ1) is 21.0. The summed E-state index contributed by atoms with van der Waals surface area (Å²) in [7, 11) is 1.29. The van der Waals surface area contributed by atoms with E-state index in [4.69, 9.17) is 9.47 Å². The van der Waals surface area contributed by atoms with E-state index in [1.54, 1.807) is 12.1 Å². The fraction of sp³-hybridized carbons (Fsp3) is 0.286. The number of carbonyl (C=O) groups is 3. The van der Waals surface area contributed by atoms with Crippen molar-refractivity contribution >= 4 is 23.5 Å². The Morgan fingerprint density at radius 1 is 0.964 bits per heavy atom. The lowest BCUT2D eigenvalue weighted by atomic mass is 10.2. The van der Waals surface area contributed by atoms with E-state index in [1.165, 1.54) is 19.2 Å². The monoisotopic (exact) mass is 385 g/mol. The van der Waals surface area contributed by atoms with Gasteiger partial charge < -0.3 is 19.5 Å². The zero-order chi connectivity index (χ0) is 20.4. The molecule has 2 aromatic carbocycles. The number of anilines is 1. The minimum Gasteiger partial charge on any atom is -0.494 e. The number of carbonyl (C=O) groups excluding carboxylic acids is 3. The Hall–Kier alpha value is -3.35. The maximum Gasteiger partial charge on any atom is 0.337 e. The summed E-state index contributed by atoms with van der Waals surface area (Å²) in [6.45, 7) is 2.00. The zero-order valence-electron chi connectivity index (χ0n) is 15.9. The Bertz CT molecular complexity index is 799. The van der Waals surface area contributed by atoms with Crippen LogP contribution in [0.1, 0.15) is 28.8 Å². The molecule has 0 aliphatic carbocycles. The molecule has 0 aromatic heterocycles. The van der Waals surface area contributed by atoms with E-state index in [1.807, 2.05) is 31.2 Å². The first-order valence-electron chi connectivity index (χ1n) is 8.81. The molecule has 0 atom stereocenters. The minimum absolute atomic E-state index is 0.160. The second-order valence-electron chi connectivity index (χ2n) is 6.04. The van der Waals surface area contributed by atoms with Crippen molar-refractivity contribution in [2.24, 2.45) is 0 Å². The van der Waals surface area contributed by atoms with Crippen LogP contribution in [0, 0.1) is 6.92 Å². The molecule has 7 nitrogen and oxygen atoms in total. The van der Waals surface area contributed by atoms with Crippen molar-refractivity contribution in [3.05, 3.63) is 59.7 Å². The van der Waals surface area contributed by atoms with E-state index >= 15 is 0 Å². The smallest absolute Gasteiger partial charge is 0.337 e. The Balaban J connectivity index is 1.63. The van der Waals surface area contributed by atoms with Crippen LogP contribution in [0.5, 0.6) is 5.75 Å². The molecule has 28 heavy (non-hydrogen) atoms. The largest absolute Gasteiger partial charge is 0.494 e. The predicted octanol–water partition coefficient (Wildman–Crippen LogP) is 3.12. The highest BCUT2D eigenvalue weighted by molar-refractivity contribution is 5.94. The number of rotatable bonds is 9. The number of hydrogen-bond donors (Lipinski definition) is 1. The summed E-state index contributed by atoms with van der Waals surface area (Å²) in [5.41, 5.74) is 2.01. The van der Waals surface area contributed by atoms with Crippen LogP contribution in [0.2, 0.25) is 0 Å². The lowest BCUT2D eigenvalue weighted by Crippen LogP contribution is -2.21. The summed E-state index contributed by atoms with van der Waals surface area (Å²) in [4.78, 5) is 34.9. The molecule has 1 N–H and O–H groups in total. The number of nitrogens with one attached hydrogen (secondary N) is 1. The van der Waals surface area contributed by atoms with Crippen molar-refractivity contribution in [2.45, 2.75) is 19.8 Å². The molecular weight excluding hydrogens is 362 g/mol. The number of amides is 1. The minimum atomic E-state index is -0.469. The molecule has 0 fully saturated rings. The van der Waals surface area contributed by atoms with Gasteiger partial charge in [-0.1, -0.05) is 17.7 Å². The van der Waals surface area contributed by atoms with Crippen molar-refractivity contribution in [2.75, 3.05) is 25.6 Å². The molecule has 0 aliphatic rings. The molecule has 7 heteroatoms. The molecule has 1 amide bonds.